The number of carbonyl (C=O) groups is 2. The van der Waals surface area contributed by atoms with Crippen molar-refractivity contribution in [2.45, 2.75) is 25.3 Å². The van der Waals surface area contributed by atoms with Crippen LogP contribution in [0.2, 0.25) is 5.22 Å². The fourth-order valence-electron chi connectivity index (χ4n) is 2.78. The number of likely N-dealkylation sites (tertiary alicyclic amines) is 1. The zero-order valence-electron chi connectivity index (χ0n) is 12.2. The van der Waals surface area contributed by atoms with Gasteiger partial charge in [-0.1, -0.05) is 0 Å². The number of hydrogen-bond acceptors (Lipinski definition) is 4. The average Bonchev–Trinajstić information content (AvgIpc) is 3.19. The van der Waals surface area contributed by atoms with E-state index in [-0.39, 0.29) is 28.7 Å². The first kappa shape index (κ1) is 14.8. The first-order chi connectivity index (χ1) is 10.5. The van der Waals surface area contributed by atoms with Gasteiger partial charge in [0.05, 0.1) is 11.8 Å². The van der Waals surface area contributed by atoms with Crippen LogP contribution in [0.15, 0.2) is 28.9 Å². The summed E-state index contributed by atoms with van der Waals surface area (Å²) in [4.78, 5) is 26.4. The van der Waals surface area contributed by atoms with Crippen LogP contribution in [0.25, 0.3) is 0 Å². The highest BCUT2D eigenvalue weighted by molar-refractivity contribution is 6.29. The Labute approximate surface area is 132 Å². The van der Waals surface area contributed by atoms with Crippen molar-refractivity contribution in [3.8, 4) is 0 Å². The van der Waals surface area contributed by atoms with Gasteiger partial charge in [-0.3, -0.25) is 14.3 Å². The predicted octanol–water partition coefficient (Wildman–Crippen LogP) is 2.54. The Morgan fingerprint density at radius 2 is 2.27 bits per heavy atom. The number of aromatic nitrogens is 2. The van der Waals surface area contributed by atoms with E-state index in [1.165, 1.54) is 0 Å². The Bertz CT molecular complexity index is 706. The number of hydrogen-bond donors (Lipinski definition) is 0. The number of Topliss-reactive ketones (excluding diaryl/α,β-unsaturated/α-hetero) is 1. The van der Waals surface area contributed by atoms with Crippen LogP contribution >= 0.6 is 11.6 Å². The highest BCUT2D eigenvalue weighted by atomic mass is 35.5. The van der Waals surface area contributed by atoms with Gasteiger partial charge in [0.1, 0.15) is 0 Å². The molecule has 3 heterocycles. The van der Waals surface area contributed by atoms with E-state index < -0.39 is 0 Å². The molecule has 2 aromatic heterocycles. The first-order valence-electron chi connectivity index (χ1n) is 7.13. The first-order valence-corrected chi connectivity index (χ1v) is 7.50. The summed E-state index contributed by atoms with van der Waals surface area (Å²) in [5.74, 6) is -0.00519. The number of nitrogens with zero attached hydrogens (tertiary/aromatic N) is 3. The zero-order valence-corrected chi connectivity index (χ0v) is 12.9. The van der Waals surface area contributed by atoms with Gasteiger partial charge in [-0.25, -0.2) is 0 Å². The van der Waals surface area contributed by atoms with Crippen molar-refractivity contribution in [2.75, 3.05) is 6.54 Å². The van der Waals surface area contributed by atoms with Gasteiger partial charge in [-0.15, -0.1) is 0 Å². The molecule has 3 rings (SSSR count). The molecule has 6 nitrogen and oxygen atoms in total. The molecule has 1 aliphatic heterocycles. The molecule has 1 aliphatic rings. The Morgan fingerprint density at radius 3 is 2.91 bits per heavy atom. The summed E-state index contributed by atoms with van der Waals surface area (Å²) < 4.78 is 6.77. The summed E-state index contributed by atoms with van der Waals surface area (Å²) in [6, 6.07) is 2.99. The van der Waals surface area contributed by atoms with Crippen molar-refractivity contribution in [1.82, 2.24) is 14.7 Å². The highest BCUT2D eigenvalue weighted by Crippen LogP contribution is 2.25. The van der Waals surface area contributed by atoms with E-state index in [1.54, 1.807) is 41.2 Å². The van der Waals surface area contributed by atoms with Crippen molar-refractivity contribution < 1.29 is 14.0 Å². The van der Waals surface area contributed by atoms with E-state index in [1.807, 2.05) is 0 Å². The molecule has 1 fully saturated rings. The van der Waals surface area contributed by atoms with Crippen LogP contribution in [0.5, 0.6) is 0 Å². The number of carbonyl (C=O) groups excluding carboxylic acids is 2. The van der Waals surface area contributed by atoms with E-state index >= 15 is 0 Å². The number of aryl methyl sites for hydroxylation is 1. The summed E-state index contributed by atoms with van der Waals surface area (Å²) in [6.07, 6.45) is 5.23. The smallest absolute Gasteiger partial charge is 0.289 e. The minimum atomic E-state index is -0.214. The van der Waals surface area contributed by atoms with Gasteiger partial charge in [0, 0.05) is 32.3 Å². The lowest BCUT2D eigenvalue weighted by Gasteiger charge is -2.23. The minimum Gasteiger partial charge on any atom is -0.440 e. The topological polar surface area (TPSA) is 68.3 Å². The molecule has 0 radical (unpaired) electrons. The molecule has 2 aromatic rings. The third kappa shape index (κ3) is 2.92. The standard InChI is InChI=1S/C15H16ClN3O3/c1-18-9-10(8-17-18)12(20)7-11-3-2-6-19(11)15(21)13-4-5-14(16)22-13/h4-5,8-9,11H,2-3,6-7H2,1H3/t11-/m1/s1. The highest BCUT2D eigenvalue weighted by Gasteiger charge is 2.32. The molecule has 0 aromatic carbocycles. The minimum absolute atomic E-state index is 0.00437. The van der Waals surface area contributed by atoms with Gasteiger partial charge in [0.2, 0.25) is 0 Å². The molecule has 22 heavy (non-hydrogen) atoms. The molecule has 116 valence electrons. The molecule has 0 bridgehead atoms. The van der Waals surface area contributed by atoms with Gasteiger partial charge in [-0.05, 0) is 36.6 Å². The predicted molar refractivity (Wildman–Crippen MR) is 79.9 cm³/mol. The van der Waals surface area contributed by atoms with Crippen LogP contribution in [-0.2, 0) is 7.05 Å². The molecule has 7 heteroatoms. The maximum atomic E-state index is 12.4. The lowest BCUT2D eigenvalue weighted by molar-refractivity contribution is 0.0687. The molecule has 0 spiro atoms. The van der Waals surface area contributed by atoms with Crippen LogP contribution in [0.3, 0.4) is 0 Å². The monoisotopic (exact) mass is 321 g/mol. The van der Waals surface area contributed by atoms with Crippen LogP contribution in [0.1, 0.15) is 40.2 Å². The second kappa shape index (κ2) is 5.96. The van der Waals surface area contributed by atoms with Crippen molar-refractivity contribution in [3.63, 3.8) is 0 Å². The summed E-state index contributed by atoms with van der Waals surface area (Å²) in [5.41, 5.74) is 0.572. The quantitative estimate of drug-likeness (QED) is 0.812. The lowest BCUT2D eigenvalue weighted by Crippen LogP contribution is -2.36. The van der Waals surface area contributed by atoms with Crippen LogP contribution < -0.4 is 0 Å². The molecule has 0 unspecified atom stereocenters. The van der Waals surface area contributed by atoms with Crippen molar-refractivity contribution in [2.24, 2.45) is 7.05 Å². The molecule has 1 amide bonds. The van der Waals surface area contributed by atoms with E-state index in [2.05, 4.69) is 5.10 Å². The maximum Gasteiger partial charge on any atom is 0.289 e. The molecular formula is C15H16ClN3O3. The fourth-order valence-corrected chi connectivity index (χ4v) is 2.93. The Kier molecular flexibility index (Phi) is 4.02. The second-order valence-electron chi connectivity index (χ2n) is 5.43. The SMILES string of the molecule is Cn1cc(C(=O)C[C@H]2CCCN2C(=O)c2ccc(Cl)o2)cn1. The van der Waals surface area contributed by atoms with Crippen molar-refractivity contribution in [1.29, 1.82) is 0 Å². The van der Waals surface area contributed by atoms with E-state index in [9.17, 15) is 9.59 Å². The maximum absolute atomic E-state index is 12.4. The summed E-state index contributed by atoms with van der Waals surface area (Å²) in [5, 5.41) is 4.19. The van der Waals surface area contributed by atoms with Crippen LogP contribution in [0, 0.1) is 0 Å². The third-order valence-electron chi connectivity index (χ3n) is 3.87. The molecule has 1 saturated heterocycles. The largest absolute Gasteiger partial charge is 0.440 e. The van der Waals surface area contributed by atoms with Crippen molar-refractivity contribution >= 4 is 23.3 Å². The van der Waals surface area contributed by atoms with Crippen LogP contribution in [-0.4, -0.2) is 39.0 Å². The Hall–Kier alpha value is -2.08. The van der Waals surface area contributed by atoms with Gasteiger partial charge >= 0.3 is 0 Å². The molecule has 0 N–H and O–H groups in total. The van der Waals surface area contributed by atoms with E-state index in [0.29, 0.717) is 18.5 Å². The number of ketones is 1. The number of furan rings is 1. The zero-order chi connectivity index (χ0) is 15.7. The molecule has 0 saturated carbocycles. The third-order valence-corrected chi connectivity index (χ3v) is 4.07. The fraction of sp³-hybridized carbons (Fsp3) is 0.400. The number of halogens is 1. The van der Waals surface area contributed by atoms with Crippen molar-refractivity contribution in [3.05, 3.63) is 41.1 Å². The van der Waals surface area contributed by atoms with E-state index in [0.717, 1.165) is 12.8 Å². The number of rotatable bonds is 4. The summed E-state index contributed by atoms with van der Waals surface area (Å²) in [7, 11) is 1.77. The number of amides is 1. The van der Waals surface area contributed by atoms with Gasteiger partial charge in [0.15, 0.2) is 16.8 Å². The lowest BCUT2D eigenvalue weighted by atomic mass is 10.0. The van der Waals surface area contributed by atoms with E-state index in [4.69, 9.17) is 16.0 Å². The van der Waals surface area contributed by atoms with Crippen LogP contribution in [0.4, 0.5) is 0 Å². The summed E-state index contributed by atoms with van der Waals surface area (Å²) >= 11 is 5.71. The molecule has 1 atom stereocenters. The molecule has 0 aliphatic carbocycles. The Morgan fingerprint density at radius 1 is 1.45 bits per heavy atom. The average molecular weight is 322 g/mol. The van der Waals surface area contributed by atoms with Gasteiger partial charge in [-0.2, -0.15) is 5.10 Å². The van der Waals surface area contributed by atoms with Gasteiger partial charge in [0.25, 0.3) is 5.91 Å². The normalized spacial score (nSPS) is 17.9. The van der Waals surface area contributed by atoms with Gasteiger partial charge < -0.3 is 9.32 Å². The molecular weight excluding hydrogens is 306 g/mol. The summed E-state index contributed by atoms with van der Waals surface area (Å²) in [6.45, 7) is 0.627. The Balaban J connectivity index is 1.70. The second-order valence-corrected chi connectivity index (χ2v) is 5.80.